The molecule has 3 aromatic rings. The van der Waals surface area contributed by atoms with Gasteiger partial charge in [-0.15, -0.1) is 0 Å². The van der Waals surface area contributed by atoms with Gasteiger partial charge in [-0.25, -0.2) is 4.68 Å². The van der Waals surface area contributed by atoms with Crippen molar-refractivity contribution in [2.24, 2.45) is 0 Å². The van der Waals surface area contributed by atoms with E-state index in [4.69, 9.17) is 10.00 Å². The van der Waals surface area contributed by atoms with Crippen molar-refractivity contribution in [3.05, 3.63) is 65.9 Å². The van der Waals surface area contributed by atoms with Crippen LogP contribution in [0.4, 0.5) is 0 Å². The fourth-order valence-electron chi connectivity index (χ4n) is 2.53. The molecule has 4 heteroatoms. The molecule has 1 aromatic heterocycles. The Morgan fingerprint density at radius 1 is 1.14 bits per heavy atom. The predicted octanol–water partition coefficient (Wildman–Crippen LogP) is 3.30. The average molecular weight is 277 g/mol. The molecule has 104 valence electrons. The number of hydrogen-bond donors (Lipinski definition) is 0. The molecule has 0 radical (unpaired) electrons. The lowest BCUT2D eigenvalue weighted by molar-refractivity contribution is 0.0716. The first-order chi connectivity index (χ1) is 10.3. The first-order valence-electron chi connectivity index (χ1n) is 6.76. The van der Waals surface area contributed by atoms with Gasteiger partial charge in [0.25, 0.3) is 0 Å². The van der Waals surface area contributed by atoms with E-state index in [1.165, 1.54) is 0 Å². The van der Waals surface area contributed by atoms with Crippen molar-refractivity contribution in [3.8, 4) is 6.07 Å². The number of benzene rings is 2. The molecule has 2 aromatic carbocycles. The topological polar surface area (TPSA) is 50.8 Å². The molecule has 0 aliphatic carbocycles. The Labute approximate surface area is 123 Å². The highest BCUT2D eigenvalue weighted by molar-refractivity contribution is 5.82. The van der Waals surface area contributed by atoms with Crippen molar-refractivity contribution in [3.63, 3.8) is 0 Å². The number of hydrogen-bond acceptors (Lipinski definition) is 3. The standard InChI is InChI=1S/C17H15N3O/c1-21-17(13-7-3-2-4-8-13)20-16-10-6-5-9-14(16)15(19-20)11-12-18/h2-10,17H,11H2,1H3. The molecule has 0 saturated carbocycles. The monoisotopic (exact) mass is 277 g/mol. The summed E-state index contributed by atoms with van der Waals surface area (Å²) in [5.41, 5.74) is 2.78. The second-order valence-electron chi connectivity index (χ2n) is 4.74. The Kier molecular flexibility index (Phi) is 3.67. The second kappa shape index (κ2) is 5.78. The van der Waals surface area contributed by atoms with Crippen LogP contribution in [0.25, 0.3) is 10.9 Å². The first kappa shape index (κ1) is 13.3. The van der Waals surface area contributed by atoms with Gasteiger partial charge in [0.1, 0.15) is 0 Å². The summed E-state index contributed by atoms with van der Waals surface area (Å²) in [4.78, 5) is 0. The van der Waals surface area contributed by atoms with Crippen LogP contribution in [0.1, 0.15) is 17.5 Å². The van der Waals surface area contributed by atoms with Gasteiger partial charge in [-0.1, -0.05) is 48.5 Å². The number of ether oxygens (including phenoxy) is 1. The van der Waals surface area contributed by atoms with E-state index in [-0.39, 0.29) is 6.23 Å². The van der Waals surface area contributed by atoms with Crippen LogP contribution in [0.2, 0.25) is 0 Å². The van der Waals surface area contributed by atoms with Gasteiger partial charge in [0.05, 0.1) is 23.7 Å². The molecule has 0 saturated heterocycles. The van der Waals surface area contributed by atoms with Crippen LogP contribution in [0, 0.1) is 11.3 Å². The van der Waals surface area contributed by atoms with E-state index in [0.29, 0.717) is 6.42 Å². The fourth-order valence-corrected chi connectivity index (χ4v) is 2.53. The first-order valence-corrected chi connectivity index (χ1v) is 6.76. The number of para-hydroxylation sites is 1. The second-order valence-corrected chi connectivity index (χ2v) is 4.74. The van der Waals surface area contributed by atoms with Crippen molar-refractivity contribution >= 4 is 10.9 Å². The van der Waals surface area contributed by atoms with E-state index in [1.807, 2.05) is 59.3 Å². The summed E-state index contributed by atoms with van der Waals surface area (Å²) in [5.74, 6) is 0. The lowest BCUT2D eigenvalue weighted by Gasteiger charge is -2.17. The van der Waals surface area contributed by atoms with Crippen LogP contribution >= 0.6 is 0 Å². The lowest BCUT2D eigenvalue weighted by Crippen LogP contribution is -2.14. The normalized spacial score (nSPS) is 12.2. The maximum atomic E-state index is 8.97. The highest BCUT2D eigenvalue weighted by Gasteiger charge is 2.18. The van der Waals surface area contributed by atoms with E-state index in [0.717, 1.165) is 22.2 Å². The third-order valence-corrected chi connectivity index (χ3v) is 3.47. The number of methoxy groups -OCH3 is 1. The van der Waals surface area contributed by atoms with Crippen LogP contribution < -0.4 is 0 Å². The lowest BCUT2D eigenvalue weighted by atomic mass is 10.1. The Hall–Kier alpha value is -2.64. The summed E-state index contributed by atoms with van der Waals surface area (Å²) >= 11 is 0. The summed E-state index contributed by atoms with van der Waals surface area (Å²) in [6.45, 7) is 0. The minimum absolute atomic E-state index is 0.290. The Morgan fingerprint density at radius 3 is 2.57 bits per heavy atom. The van der Waals surface area contributed by atoms with E-state index >= 15 is 0 Å². The third-order valence-electron chi connectivity index (χ3n) is 3.47. The van der Waals surface area contributed by atoms with E-state index in [2.05, 4.69) is 11.2 Å². The maximum Gasteiger partial charge on any atom is 0.176 e. The molecule has 0 fully saturated rings. The van der Waals surface area contributed by atoms with E-state index in [9.17, 15) is 0 Å². The summed E-state index contributed by atoms with van der Waals surface area (Å²) in [7, 11) is 1.66. The molecule has 0 N–H and O–H groups in total. The molecule has 1 atom stereocenters. The number of fused-ring (bicyclic) bond motifs is 1. The summed E-state index contributed by atoms with van der Waals surface area (Å²) in [6.07, 6.45) is -0.0119. The zero-order valence-corrected chi connectivity index (χ0v) is 11.7. The zero-order valence-electron chi connectivity index (χ0n) is 11.7. The highest BCUT2D eigenvalue weighted by Crippen LogP contribution is 2.26. The SMILES string of the molecule is COC(c1ccccc1)n1nc(CC#N)c2ccccc21. The van der Waals surface area contributed by atoms with Gasteiger partial charge in [0, 0.05) is 18.1 Å². The van der Waals surface area contributed by atoms with E-state index in [1.54, 1.807) is 7.11 Å². The molecule has 0 spiro atoms. The zero-order chi connectivity index (χ0) is 14.7. The van der Waals surface area contributed by atoms with Gasteiger partial charge in [-0.05, 0) is 6.07 Å². The van der Waals surface area contributed by atoms with Gasteiger partial charge in [-0.3, -0.25) is 0 Å². The summed E-state index contributed by atoms with van der Waals surface area (Å²) in [5, 5.41) is 14.6. The number of nitriles is 1. The van der Waals surface area contributed by atoms with Gasteiger partial charge >= 0.3 is 0 Å². The largest absolute Gasteiger partial charge is 0.355 e. The molecule has 0 amide bonds. The summed E-state index contributed by atoms with van der Waals surface area (Å²) < 4.78 is 7.48. The third kappa shape index (κ3) is 2.39. The minimum atomic E-state index is -0.302. The van der Waals surface area contributed by atoms with Crippen LogP contribution in [0.15, 0.2) is 54.6 Å². The molecular weight excluding hydrogens is 262 g/mol. The molecule has 1 unspecified atom stereocenters. The van der Waals surface area contributed by atoms with Crippen molar-refractivity contribution in [2.45, 2.75) is 12.6 Å². The van der Waals surface area contributed by atoms with Crippen molar-refractivity contribution in [2.75, 3.05) is 7.11 Å². The molecule has 3 rings (SSSR count). The van der Waals surface area contributed by atoms with Crippen LogP contribution in [0.5, 0.6) is 0 Å². The molecular formula is C17H15N3O. The molecule has 0 aliphatic rings. The smallest absolute Gasteiger partial charge is 0.176 e. The number of nitrogens with zero attached hydrogens (tertiary/aromatic N) is 3. The van der Waals surface area contributed by atoms with Crippen molar-refractivity contribution in [1.82, 2.24) is 9.78 Å². The Bertz CT molecular complexity index is 787. The van der Waals surface area contributed by atoms with Gasteiger partial charge in [0.2, 0.25) is 0 Å². The minimum Gasteiger partial charge on any atom is -0.355 e. The quantitative estimate of drug-likeness (QED) is 0.735. The van der Waals surface area contributed by atoms with Gasteiger partial charge in [0.15, 0.2) is 6.23 Å². The number of rotatable bonds is 4. The summed E-state index contributed by atoms with van der Waals surface area (Å²) in [6, 6.07) is 20.0. The molecule has 0 aliphatic heterocycles. The van der Waals surface area contributed by atoms with Crippen molar-refractivity contribution < 1.29 is 4.74 Å². The number of aromatic nitrogens is 2. The molecule has 1 heterocycles. The average Bonchev–Trinajstić information content (AvgIpc) is 2.89. The van der Waals surface area contributed by atoms with Crippen LogP contribution in [0.3, 0.4) is 0 Å². The Balaban J connectivity index is 2.17. The van der Waals surface area contributed by atoms with Crippen molar-refractivity contribution in [1.29, 1.82) is 5.26 Å². The predicted molar refractivity (Wildman–Crippen MR) is 80.6 cm³/mol. The van der Waals surface area contributed by atoms with Gasteiger partial charge in [-0.2, -0.15) is 10.4 Å². The molecule has 4 nitrogen and oxygen atoms in total. The van der Waals surface area contributed by atoms with Crippen LogP contribution in [-0.2, 0) is 11.2 Å². The van der Waals surface area contributed by atoms with Crippen LogP contribution in [-0.4, -0.2) is 16.9 Å². The Morgan fingerprint density at radius 2 is 1.86 bits per heavy atom. The fraction of sp³-hybridized carbons (Fsp3) is 0.176. The van der Waals surface area contributed by atoms with Gasteiger partial charge < -0.3 is 4.74 Å². The highest BCUT2D eigenvalue weighted by atomic mass is 16.5. The molecule has 21 heavy (non-hydrogen) atoms. The van der Waals surface area contributed by atoms with E-state index < -0.39 is 0 Å². The molecule has 0 bridgehead atoms. The maximum absolute atomic E-state index is 8.97.